The van der Waals surface area contributed by atoms with Crippen molar-refractivity contribution in [2.24, 2.45) is 0 Å². The number of aliphatic hydroxyl groups excluding tert-OH is 2. The maximum atomic E-state index is 12.5. The van der Waals surface area contributed by atoms with E-state index in [0.29, 0.717) is 25.9 Å². The number of nitrogens with one attached hydrogen (secondary N) is 1. The van der Waals surface area contributed by atoms with Gasteiger partial charge in [0.15, 0.2) is 0 Å². The Hall–Kier alpha value is -1.66. The van der Waals surface area contributed by atoms with E-state index >= 15 is 0 Å². The first kappa shape index (κ1) is 66.3. The summed E-state index contributed by atoms with van der Waals surface area (Å²) in [5.74, 6) is -0.0413. The molecule has 0 saturated heterocycles. The van der Waals surface area contributed by atoms with E-state index in [9.17, 15) is 19.8 Å². The predicted octanol–water partition coefficient (Wildman–Crippen LogP) is 19.0. The Morgan fingerprint density at radius 2 is 0.691 bits per heavy atom. The van der Waals surface area contributed by atoms with Gasteiger partial charge in [0.1, 0.15) is 0 Å². The van der Waals surface area contributed by atoms with Crippen molar-refractivity contribution in [2.75, 3.05) is 13.2 Å². The van der Waals surface area contributed by atoms with Crippen molar-refractivity contribution in [3.63, 3.8) is 0 Å². The van der Waals surface area contributed by atoms with Gasteiger partial charge >= 0.3 is 5.97 Å². The summed E-state index contributed by atoms with van der Waals surface area (Å²) in [6.45, 7) is 4.95. The van der Waals surface area contributed by atoms with Crippen molar-refractivity contribution in [1.82, 2.24) is 5.32 Å². The molecule has 0 heterocycles. The van der Waals surface area contributed by atoms with Crippen LogP contribution in [0.25, 0.3) is 0 Å². The van der Waals surface area contributed by atoms with Crippen LogP contribution in [0.2, 0.25) is 0 Å². The van der Waals surface area contributed by atoms with Crippen molar-refractivity contribution >= 4 is 11.9 Å². The number of esters is 1. The molecule has 0 aliphatic heterocycles. The summed E-state index contributed by atoms with van der Waals surface area (Å²) in [6.07, 6.45) is 70.3. The SMILES string of the molecule is CCCCCC/C=C\CCCCCCCC(=O)OCCCCCCCCCCCC/C=C\CCCCCCCCCC(=O)NC(CO)C(O)CCCCCCCCCCCCCCCCCCC. The van der Waals surface area contributed by atoms with Gasteiger partial charge in [0, 0.05) is 12.8 Å². The molecule has 0 aromatic rings. The van der Waals surface area contributed by atoms with E-state index in [0.717, 1.165) is 44.9 Å². The molecule has 0 spiro atoms. The number of aliphatic hydroxyl groups is 2. The van der Waals surface area contributed by atoms with Gasteiger partial charge < -0.3 is 20.3 Å². The van der Waals surface area contributed by atoms with E-state index < -0.39 is 12.1 Å². The molecular formula is C62H119NO5. The predicted molar refractivity (Wildman–Crippen MR) is 296 cm³/mol. The monoisotopic (exact) mass is 958 g/mol. The fourth-order valence-electron chi connectivity index (χ4n) is 9.51. The second kappa shape index (κ2) is 57.9. The van der Waals surface area contributed by atoms with Crippen LogP contribution in [-0.4, -0.2) is 47.4 Å². The van der Waals surface area contributed by atoms with Crippen LogP contribution in [0.3, 0.4) is 0 Å². The zero-order chi connectivity index (χ0) is 49.3. The third-order valence-electron chi connectivity index (χ3n) is 14.2. The molecule has 402 valence electrons. The van der Waals surface area contributed by atoms with Gasteiger partial charge in [0.25, 0.3) is 0 Å². The summed E-state index contributed by atoms with van der Waals surface area (Å²) in [5, 5.41) is 23.3. The van der Waals surface area contributed by atoms with E-state index in [2.05, 4.69) is 43.5 Å². The number of carbonyl (C=O) groups is 2. The Morgan fingerprint density at radius 3 is 1.06 bits per heavy atom. The van der Waals surface area contributed by atoms with Crippen molar-refractivity contribution in [3.05, 3.63) is 24.3 Å². The van der Waals surface area contributed by atoms with E-state index in [-0.39, 0.29) is 18.5 Å². The Kier molecular flexibility index (Phi) is 56.5. The Bertz CT molecular complexity index is 1060. The Morgan fingerprint density at radius 1 is 0.397 bits per heavy atom. The number of ether oxygens (including phenoxy) is 1. The number of carbonyl (C=O) groups excluding carboxylic acids is 2. The second-order valence-corrected chi connectivity index (χ2v) is 21.0. The van der Waals surface area contributed by atoms with Crippen molar-refractivity contribution in [2.45, 2.75) is 347 Å². The summed E-state index contributed by atoms with van der Waals surface area (Å²) < 4.78 is 5.47. The fourth-order valence-corrected chi connectivity index (χ4v) is 9.51. The van der Waals surface area contributed by atoms with Gasteiger partial charge in [-0.2, -0.15) is 0 Å². The molecule has 2 atom stereocenters. The summed E-state index contributed by atoms with van der Waals surface area (Å²) in [5.41, 5.74) is 0. The maximum absolute atomic E-state index is 12.5. The minimum Gasteiger partial charge on any atom is -0.466 e. The van der Waals surface area contributed by atoms with Crippen LogP contribution in [0.5, 0.6) is 0 Å². The molecule has 1 amide bonds. The third-order valence-corrected chi connectivity index (χ3v) is 14.2. The van der Waals surface area contributed by atoms with Crippen molar-refractivity contribution in [1.29, 1.82) is 0 Å². The van der Waals surface area contributed by atoms with E-state index in [1.54, 1.807) is 0 Å². The molecule has 0 bridgehead atoms. The normalized spacial score (nSPS) is 12.7. The highest BCUT2D eigenvalue weighted by atomic mass is 16.5. The highest BCUT2D eigenvalue weighted by Crippen LogP contribution is 2.17. The molecule has 2 unspecified atom stereocenters. The van der Waals surface area contributed by atoms with Gasteiger partial charge in [-0.3, -0.25) is 9.59 Å². The first-order valence-corrected chi connectivity index (χ1v) is 30.6. The molecule has 68 heavy (non-hydrogen) atoms. The van der Waals surface area contributed by atoms with Crippen LogP contribution in [-0.2, 0) is 14.3 Å². The first-order chi connectivity index (χ1) is 33.5. The van der Waals surface area contributed by atoms with Gasteiger partial charge in [-0.25, -0.2) is 0 Å². The Labute approximate surface area is 424 Å². The molecule has 0 aromatic carbocycles. The largest absolute Gasteiger partial charge is 0.466 e. The summed E-state index contributed by atoms with van der Waals surface area (Å²) in [7, 11) is 0. The third kappa shape index (κ3) is 53.7. The lowest BCUT2D eigenvalue weighted by molar-refractivity contribution is -0.143. The van der Waals surface area contributed by atoms with Crippen LogP contribution in [0.4, 0.5) is 0 Å². The number of hydrogen-bond donors (Lipinski definition) is 3. The lowest BCUT2D eigenvalue weighted by Gasteiger charge is -2.22. The van der Waals surface area contributed by atoms with E-state index in [1.807, 2.05) is 0 Å². The number of unbranched alkanes of at least 4 members (excludes halogenated alkanes) is 42. The van der Waals surface area contributed by atoms with Gasteiger partial charge in [-0.1, -0.05) is 269 Å². The Balaban J connectivity index is 3.43. The summed E-state index contributed by atoms with van der Waals surface area (Å²) >= 11 is 0. The molecule has 0 saturated carbocycles. The van der Waals surface area contributed by atoms with Crippen LogP contribution in [0, 0.1) is 0 Å². The zero-order valence-corrected chi connectivity index (χ0v) is 45.9. The lowest BCUT2D eigenvalue weighted by atomic mass is 10.0. The standard InChI is InChI=1S/C62H119NO5/c1-3-5-7-9-11-13-15-17-18-24-27-31-34-38-42-46-50-54-60(65)59(58-64)63-61(66)55-51-47-43-39-35-32-28-25-22-20-19-21-23-26-29-33-37-41-45-49-53-57-68-62(67)56-52-48-44-40-36-30-16-14-12-10-8-6-4-2/h14,16,20,22,59-60,64-65H,3-13,15,17-19,21,23-58H2,1-2H3,(H,63,66)/b16-14-,22-20-. The minimum absolute atomic E-state index is 0.000696. The molecule has 6 heteroatoms. The van der Waals surface area contributed by atoms with Crippen LogP contribution in [0.15, 0.2) is 24.3 Å². The average Bonchev–Trinajstić information content (AvgIpc) is 3.34. The molecule has 6 nitrogen and oxygen atoms in total. The topological polar surface area (TPSA) is 95.9 Å². The molecule has 0 aliphatic carbocycles. The molecule has 0 fully saturated rings. The van der Waals surface area contributed by atoms with Crippen molar-refractivity contribution < 1.29 is 24.5 Å². The van der Waals surface area contributed by atoms with E-state index in [1.165, 1.54) is 257 Å². The smallest absolute Gasteiger partial charge is 0.305 e. The van der Waals surface area contributed by atoms with Crippen molar-refractivity contribution in [3.8, 4) is 0 Å². The van der Waals surface area contributed by atoms with E-state index in [4.69, 9.17) is 4.74 Å². The number of amides is 1. The molecule has 0 aliphatic rings. The van der Waals surface area contributed by atoms with Crippen LogP contribution < -0.4 is 5.32 Å². The molecule has 3 N–H and O–H groups in total. The van der Waals surface area contributed by atoms with Gasteiger partial charge in [0.05, 0.1) is 25.4 Å². The number of allylic oxidation sites excluding steroid dienone is 4. The maximum Gasteiger partial charge on any atom is 0.305 e. The van der Waals surface area contributed by atoms with Gasteiger partial charge in [-0.15, -0.1) is 0 Å². The number of hydrogen-bond acceptors (Lipinski definition) is 5. The lowest BCUT2D eigenvalue weighted by Crippen LogP contribution is -2.45. The highest BCUT2D eigenvalue weighted by molar-refractivity contribution is 5.76. The summed E-state index contributed by atoms with van der Waals surface area (Å²) in [4.78, 5) is 24.5. The van der Waals surface area contributed by atoms with Crippen LogP contribution in [0.1, 0.15) is 335 Å². The highest BCUT2D eigenvalue weighted by Gasteiger charge is 2.20. The number of rotatable bonds is 57. The molecular weight excluding hydrogens is 839 g/mol. The van der Waals surface area contributed by atoms with Gasteiger partial charge in [0.2, 0.25) is 5.91 Å². The molecule has 0 aromatic heterocycles. The van der Waals surface area contributed by atoms with Gasteiger partial charge in [-0.05, 0) is 77.0 Å². The molecule has 0 rings (SSSR count). The minimum atomic E-state index is -0.669. The quantitative estimate of drug-likeness (QED) is 0.0321. The first-order valence-electron chi connectivity index (χ1n) is 30.6. The zero-order valence-electron chi connectivity index (χ0n) is 45.9. The summed E-state index contributed by atoms with van der Waals surface area (Å²) in [6, 6.07) is -0.547. The molecule has 0 radical (unpaired) electrons. The van der Waals surface area contributed by atoms with Crippen LogP contribution >= 0.6 is 0 Å². The second-order valence-electron chi connectivity index (χ2n) is 21.0. The fraction of sp³-hybridized carbons (Fsp3) is 0.903. The average molecular weight is 959 g/mol.